The summed E-state index contributed by atoms with van der Waals surface area (Å²) in [5.41, 5.74) is 2.61. The van der Waals surface area contributed by atoms with Crippen molar-refractivity contribution in [1.82, 2.24) is 4.72 Å². The van der Waals surface area contributed by atoms with E-state index >= 15 is 0 Å². The molecule has 0 aliphatic heterocycles. The Hall–Kier alpha value is -2.05. The van der Waals surface area contributed by atoms with Crippen molar-refractivity contribution in [2.45, 2.75) is 44.4 Å². The van der Waals surface area contributed by atoms with E-state index in [0.29, 0.717) is 6.42 Å². The molecule has 0 bridgehead atoms. The summed E-state index contributed by atoms with van der Waals surface area (Å²) in [7, 11) is -3.59. The lowest BCUT2D eigenvalue weighted by molar-refractivity contribution is 0.402. The summed E-state index contributed by atoms with van der Waals surface area (Å²) < 4.78 is 27.3. The summed E-state index contributed by atoms with van der Waals surface area (Å²) in [6, 6.07) is 9.80. The lowest BCUT2D eigenvalue weighted by Crippen LogP contribution is -2.26. The highest BCUT2D eigenvalue weighted by Gasteiger charge is 2.17. The smallest absolute Gasteiger partial charge is 0.240 e. The quantitative estimate of drug-likeness (QED) is 0.712. The van der Waals surface area contributed by atoms with E-state index in [9.17, 15) is 18.6 Å². The fourth-order valence-electron chi connectivity index (χ4n) is 2.53. The van der Waals surface area contributed by atoms with Gasteiger partial charge in [-0.1, -0.05) is 32.9 Å². The van der Waals surface area contributed by atoms with Crippen LogP contribution in [-0.4, -0.2) is 25.2 Å². The van der Waals surface area contributed by atoms with Gasteiger partial charge >= 0.3 is 0 Å². The third kappa shape index (κ3) is 4.74. The van der Waals surface area contributed by atoms with Crippen LogP contribution in [0.1, 0.15) is 37.5 Å². The van der Waals surface area contributed by atoms with Gasteiger partial charge in [-0.2, -0.15) is 0 Å². The van der Waals surface area contributed by atoms with Gasteiger partial charge in [-0.25, -0.2) is 13.1 Å². The average Bonchev–Trinajstić information content (AvgIpc) is 2.51. The van der Waals surface area contributed by atoms with Gasteiger partial charge in [0.1, 0.15) is 0 Å². The van der Waals surface area contributed by atoms with Gasteiger partial charge in [0, 0.05) is 6.54 Å². The van der Waals surface area contributed by atoms with Crippen molar-refractivity contribution in [1.29, 1.82) is 0 Å². The Kier molecular flexibility index (Phi) is 5.44. The van der Waals surface area contributed by atoms with Crippen LogP contribution >= 0.6 is 0 Å². The van der Waals surface area contributed by atoms with Crippen LogP contribution in [0.4, 0.5) is 0 Å². The zero-order valence-electron chi connectivity index (χ0n) is 15.0. The third-order valence-corrected chi connectivity index (χ3v) is 5.63. The SMILES string of the molecule is Cc1cc(O)c(O)cc1CCNS(=O)(=O)c1ccc(C(C)(C)C)cc1. The molecule has 136 valence electrons. The maximum Gasteiger partial charge on any atom is 0.240 e. The van der Waals surface area contributed by atoms with E-state index < -0.39 is 10.0 Å². The number of hydrogen-bond donors (Lipinski definition) is 3. The highest BCUT2D eigenvalue weighted by Crippen LogP contribution is 2.28. The zero-order valence-corrected chi connectivity index (χ0v) is 15.8. The summed E-state index contributed by atoms with van der Waals surface area (Å²) in [6.07, 6.45) is 0.416. The van der Waals surface area contributed by atoms with Crippen LogP contribution in [-0.2, 0) is 21.9 Å². The van der Waals surface area contributed by atoms with E-state index in [1.807, 2.05) is 12.1 Å². The zero-order chi connectivity index (χ0) is 18.8. The minimum atomic E-state index is -3.59. The number of aromatic hydroxyl groups is 2. The van der Waals surface area contributed by atoms with E-state index in [2.05, 4.69) is 25.5 Å². The normalized spacial score (nSPS) is 12.3. The number of sulfonamides is 1. The van der Waals surface area contributed by atoms with Crippen LogP contribution < -0.4 is 4.72 Å². The lowest BCUT2D eigenvalue weighted by atomic mass is 9.87. The molecule has 0 heterocycles. The molecule has 5 nitrogen and oxygen atoms in total. The second-order valence-corrected chi connectivity index (χ2v) is 8.96. The number of nitrogens with one attached hydrogen (secondary N) is 1. The molecule has 2 aromatic carbocycles. The van der Waals surface area contributed by atoms with Gasteiger partial charge in [0.05, 0.1) is 4.90 Å². The maximum absolute atomic E-state index is 12.4. The second-order valence-electron chi connectivity index (χ2n) is 7.19. The van der Waals surface area contributed by atoms with Gasteiger partial charge in [-0.05, 0) is 59.7 Å². The van der Waals surface area contributed by atoms with Crippen LogP contribution in [0, 0.1) is 6.92 Å². The molecule has 3 N–H and O–H groups in total. The van der Waals surface area contributed by atoms with Gasteiger partial charge < -0.3 is 10.2 Å². The largest absolute Gasteiger partial charge is 0.504 e. The summed E-state index contributed by atoms with van der Waals surface area (Å²) in [6.45, 7) is 8.22. The Balaban J connectivity index is 2.06. The second kappa shape index (κ2) is 7.06. The Bertz CT molecular complexity index is 850. The molecule has 6 heteroatoms. The van der Waals surface area contributed by atoms with E-state index in [-0.39, 0.29) is 28.4 Å². The maximum atomic E-state index is 12.4. The third-order valence-electron chi connectivity index (χ3n) is 4.15. The first-order chi connectivity index (χ1) is 11.5. The van der Waals surface area contributed by atoms with Crippen molar-refractivity contribution in [3.8, 4) is 11.5 Å². The molecule has 0 saturated carbocycles. The van der Waals surface area contributed by atoms with Crippen LogP contribution in [0.15, 0.2) is 41.3 Å². The predicted octanol–water partition coefficient (Wildman–Crippen LogP) is 3.22. The molecule has 0 aromatic heterocycles. The Morgan fingerprint density at radius 1 is 1.00 bits per heavy atom. The molecule has 0 fully saturated rings. The van der Waals surface area contributed by atoms with Crippen molar-refractivity contribution >= 4 is 10.0 Å². The fraction of sp³-hybridized carbons (Fsp3) is 0.368. The molecule has 0 aliphatic rings. The molecular weight excluding hydrogens is 338 g/mol. The summed E-state index contributed by atoms with van der Waals surface area (Å²) in [5.74, 6) is -0.387. The highest BCUT2D eigenvalue weighted by molar-refractivity contribution is 7.89. The molecule has 0 aliphatic carbocycles. The van der Waals surface area contributed by atoms with Gasteiger partial charge in [0.2, 0.25) is 10.0 Å². The molecule has 25 heavy (non-hydrogen) atoms. The summed E-state index contributed by atoms with van der Waals surface area (Å²) >= 11 is 0. The Morgan fingerprint density at radius 3 is 2.12 bits per heavy atom. The standard InChI is InChI=1S/C19H25NO4S/c1-13-11-17(21)18(22)12-14(13)9-10-20-25(23,24)16-7-5-15(6-8-16)19(2,3)4/h5-8,11-12,20-22H,9-10H2,1-4H3. The minimum absolute atomic E-state index is 0.0336. The van der Waals surface area contributed by atoms with Crippen molar-refractivity contribution < 1.29 is 18.6 Å². The molecule has 0 saturated heterocycles. The van der Waals surface area contributed by atoms with Gasteiger partial charge in [-0.15, -0.1) is 0 Å². The first kappa shape index (κ1) is 19.3. The molecular formula is C19H25NO4S. The topological polar surface area (TPSA) is 86.6 Å². The van der Waals surface area contributed by atoms with Gasteiger partial charge in [0.15, 0.2) is 11.5 Å². The summed E-state index contributed by atoms with van der Waals surface area (Å²) in [4.78, 5) is 0.228. The van der Waals surface area contributed by atoms with Crippen LogP contribution in [0.2, 0.25) is 0 Å². The number of aryl methyl sites for hydroxylation is 1. The minimum Gasteiger partial charge on any atom is -0.504 e. The average molecular weight is 363 g/mol. The monoisotopic (exact) mass is 363 g/mol. The van der Waals surface area contributed by atoms with E-state index in [1.165, 1.54) is 12.1 Å². The number of phenols is 2. The van der Waals surface area contributed by atoms with Gasteiger partial charge in [-0.3, -0.25) is 0 Å². The molecule has 0 amide bonds. The Labute approximate surface area is 149 Å². The molecule has 2 rings (SSSR count). The van der Waals surface area contributed by atoms with Gasteiger partial charge in [0.25, 0.3) is 0 Å². The van der Waals surface area contributed by atoms with Crippen LogP contribution in [0.3, 0.4) is 0 Å². The molecule has 0 atom stereocenters. The van der Waals surface area contributed by atoms with Crippen molar-refractivity contribution in [3.05, 3.63) is 53.1 Å². The van der Waals surface area contributed by atoms with Crippen LogP contribution in [0.5, 0.6) is 11.5 Å². The fourth-order valence-corrected chi connectivity index (χ4v) is 3.56. The van der Waals surface area contributed by atoms with Crippen molar-refractivity contribution in [2.24, 2.45) is 0 Å². The molecule has 2 aromatic rings. The van der Waals surface area contributed by atoms with E-state index in [1.54, 1.807) is 19.1 Å². The number of rotatable bonds is 5. The predicted molar refractivity (Wildman–Crippen MR) is 98.5 cm³/mol. The molecule has 0 radical (unpaired) electrons. The highest BCUT2D eigenvalue weighted by atomic mass is 32.2. The van der Waals surface area contributed by atoms with E-state index in [4.69, 9.17) is 0 Å². The summed E-state index contributed by atoms with van der Waals surface area (Å²) in [5, 5.41) is 19.0. The van der Waals surface area contributed by atoms with E-state index in [0.717, 1.165) is 16.7 Å². The van der Waals surface area contributed by atoms with Crippen molar-refractivity contribution in [2.75, 3.05) is 6.54 Å². The first-order valence-corrected chi connectivity index (χ1v) is 9.61. The number of benzene rings is 2. The Morgan fingerprint density at radius 2 is 1.56 bits per heavy atom. The molecule has 0 unspecified atom stereocenters. The first-order valence-electron chi connectivity index (χ1n) is 8.12. The number of phenolic OH excluding ortho intramolecular Hbond substituents is 2. The van der Waals surface area contributed by atoms with Crippen molar-refractivity contribution in [3.63, 3.8) is 0 Å². The lowest BCUT2D eigenvalue weighted by Gasteiger charge is -2.19. The van der Waals surface area contributed by atoms with Crippen LogP contribution in [0.25, 0.3) is 0 Å². The molecule has 0 spiro atoms. The number of hydrogen-bond acceptors (Lipinski definition) is 4.